The highest BCUT2D eigenvalue weighted by Crippen LogP contribution is 2.13. The molecule has 1 aliphatic heterocycles. The summed E-state index contributed by atoms with van der Waals surface area (Å²) in [4.78, 5) is 71.2. The number of amides is 5. The van der Waals surface area contributed by atoms with Crippen LogP contribution in [0.25, 0.3) is 0 Å². The number of nitrogens with one attached hydrogen (secondary N) is 5. The highest BCUT2D eigenvalue weighted by molar-refractivity contribution is 5.98. The van der Waals surface area contributed by atoms with Crippen LogP contribution in [0.3, 0.4) is 0 Å². The monoisotopic (exact) mass is 625 g/mol. The van der Waals surface area contributed by atoms with Gasteiger partial charge in [0.05, 0.1) is 12.1 Å². The molecule has 0 saturated heterocycles. The number of aromatic amines is 1. The number of rotatable bonds is 5. The van der Waals surface area contributed by atoms with Gasteiger partial charge in [-0.25, -0.2) is 0 Å². The van der Waals surface area contributed by atoms with Crippen LogP contribution in [0.2, 0.25) is 0 Å². The first-order valence-electron chi connectivity index (χ1n) is 14.9. The van der Waals surface area contributed by atoms with Crippen molar-refractivity contribution in [3.05, 3.63) is 113 Å². The van der Waals surface area contributed by atoms with E-state index in [0.29, 0.717) is 5.56 Å². The van der Waals surface area contributed by atoms with E-state index in [9.17, 15) is 24.0 Å². The van der Waals surface area contributed by atoms with Crippen molar-refractivity contribution in [3.8, 4) is 0 Å². The van der Waals surface area contributed by atoms with Crippen LogP contribution in [0.1, 0.15) is 44.7 Å². The van der Waals surface area contributed by atoms with Gasteiger partial charge in [0.15, 0.2) is 11.5 Å². The van der Waals surface area contributed by atoms with Gasteiger partial charge in [0, 0.05) is 44.4 Å². The predicted octanol–water partition coefficient (Wildman–Crippen LogP) is 1.35. The molecular weight excluding hydrogens is 590 g/mol. The van der Waals surface area contributed by atoms with E-state index in [1.807, 2.05) is 60.7 Å². The lowest BCUT2D eigenvalue weighted by atomic mass is 10.0. The number of nitrogens with zero attached hydrogens (tertiary/aromatic N) is 2. The van der Waals surface area contributed by atoms with E-state index >= 15 is 0 Å². The quantitative estimate of drug-likeness (QED) is 0.222. The summed E-state index contributed by atoms with van der Waals surface area (Å²) < 4.78 is 5.36. The molecule has 3 heterocycles. The number of benzene rings is 2. The van der Waals surface area contributed by atoms with Crippen LogP contribution in [0.5, 0.6) is 0 Å². The third kappa shape index (κ3) is 8.25. The number of carbonyl (C=O) groups excluding carboxylic acids is 5. The Morgan fingerprint density at radius 3 is 2.11 bits per heavy atom. The fourth-order valence-corrected chi connectivity index (χ4v) is 5.04. The normalized spacial score (nSPS) is 20.0. The molecule has 0 spiro atoms. The first-order chi connectivity index (χ1) is 22.3. The molecule has 46 heavy (non-hydrogen) atoms. The van der Waals surface area contributed by atoms with Crippen LogP contribution >= 0.6 is 0 Å². The van der Waals surface area contributed by atoms with Gasteiger partial charge >= 0.3 is 0 Å². The maximum atomic E-state index is 13.8. The Morgan fingerprint density at radius 1 is 0.848 bits per heavy atom. The van der Waals surface area contributed by atoms with Crippen molar-refractivity contribution >= 4 is 29.5 Å². The largest absolute Gasteiger partial charge is 0.367 e. The van der Waals surface area contributed by atoms with Crippen molar-refractivity contribution < 1.29 is 28.5 Å². The van der Waals surface area contributed by atoms with Crippen molar-refractivity contribution in [1.29, 1.82) is 0 Å². The van der Waals surface area contributed by atoms with Crippen LogP contribution in [-0.2, 0) is 33.8 Å². The summed E-state index contributed by atoms with van der Waals surface area (Å²) in [5, 5.41) is 14.8. The van der Waals surface area contributed by atoms with Crippen LogP contribution in [-0.4, -0.2) is 75.8 Å². The minimum absolute atomic E-state index is 0.0401. The molecule has 238 valence electrons. The van der Waals surface area contributed by atoms with Gasteiger partial charge < -0.3 is 35.7 Å². The molecule has 2 bridgehead atoms. The van der Waals surface area contributed by atoms with Gasteiger partial charge in [-0.2, -0.15) is 0 Å². The first kappa shape index (κ1) is 31.7. The third-order valence-electron chi connectivity index (χ3n) is 7.52. The highest BCUT2D eigenvalue weighted by atomic mass is 16.5. The first-order valence-corrected chi connectivity index (χ1v) is 14.9. The van der Waals surface area contributed by atoms with E-state index in [-0.39, 0.29) is 49.8 Å². The van der Waals surface area contributed by atoms with E-state index < -0.39 is 41.8 Å². The van der Waals surface area contributed by atoms with Gasteiger partial charge in [0.25, 0.3) is 11.8 Å². The summed E-state index contributed by atoms with van der Waals surface area (Å²) in [7, 11) is 0. The smallest absolute Gasteiger partial charge is 0.274 e. The van der Waals surface area contributed by atoms with Gasteiger partial charge in [-0.15, -0.1) is 0 Å². The Hall–Kier alpha value is -5.72. The molecule has 0 saturated carbocycles. The Kier molecular flexibility index (Phi) is 10.2. The van der Waals surface area contributed by atoms with Gasteiger partial charge in [-0.05, 0) is 24.1 Å². The molecule has 0 fully saturated rings. The fraction of sp³-hybridized carbons (Fsp3) is 0.273. The lowest BCUT2D eigenvalue weighted by Gasteiger charge is -2.25. The molecule has 2 aromatic heterocycles. The lowest BCUT2D eigenvalue weighted by molar-refractivity contribution is -0.132. The van der Waals surface area contributed by atoms with Gasteiger partial charge in [-0.3, -0.25) is 24.0 Å². The Bertz CT molecular complexity index is 1660. The maximum Gasteiger partial charge on any atom is 0.274 e. The average molecular weight is 626 g/mol. The molecule has 0 radical (unpaired) electrons. The molecule has 2 aromatic carbocycles. The third-order valence-corrected chi connectivity index (χ3v) is 7.52. The number of fused-ring (bicyclic) bond motifs is 2. The molecule has 3 atom stereocenters. The van der Waals surface area contributed by atoms with Crippen molar-refractivity contribution in [2.75, 3.05) is 13.1 Å². The van der Waals surface area contributed by atoms with Crippen LogP contribution in [0, 0.1) is 0 Å². The standard InChI is InChI=1S/C33H35N7O6/c1-21-29(41)37-27(17-23-10-6-3-7-11-23)31(43)38-26(16-22-8-4-2-5-9-22)30(42)35-14-15-40(33(45)24-12-13-34-19-24)20-25-18-28(39-46-25)32(44)36-21/h2-13,18-19,21,26-27,34H,14-17,20H2,1H3,(H,35,42)(H,36,44)(H,37,41)(H,38,43)/t21-,26+,27-/m0/s1. The molecule has 0 aliphatic carbocycles. The van der Waals surface area contributed by atoms with Gasteiger partial charge in [0.1, 0.15) is 18.1 Å². The topological polar surface area (TPSA) is 179 Å². The SMILES string of the molecule is C[C@@H]1NC(=O)c2cc(on2)CN(C(=O)c2cc[nH]c2)CCNC(=O)[C@@H](Cc2ccccc2)NC(=O)[C@H](Cc2ccccc2)NC1=O. The van der Waals surface area contributed by atoms with Crippen LogP contribution in [0.15, 0.2) is 89.7 Å². The Morgan fingerprint density at radius 2 is 1.48 bits per heavy atom. The van der Waals surface area contributed by atoms with Crippen molar-refractivity contribution in [2.45, 2.75) is 44.4 Å². The number of aromatic nitrogens is 2. The lowest BCUT2D eigenvalue weighted by Crippen LogP contribution is -2.57. The van der Waals surface area contributed by atoms with Crippen LogP contribution < -0.4 is 21.3 Å². The average Bonchev–Trinajstić information content (AvgIpc) is 3.77. The summed E-state index contributed by atoms with van der Waals surface area (Å²) in [6, 6.07) is 18.3. The summed E-state index contributed by atoms with van der Waals surface area (Å²) >= 11 is 0. The molecule has 13 heteroatoms. The van der Waals surface area contributed by atoms with Gasteiger partial charge in [-0.1, -0.05) is 65.8 Å². The van der Waals surface area contributed by atoms with E-state index in [1.54, 1.807) is 18.5 Å². The van der Waals surface area contributed by atoms with Crippen molar-refractivity contribution in [2.24, 2.45) is 0 Å². The fourth-order valence-electron chi connectivity index (χ4n) is 5.04. The van der Waals surface area contributed by atoms with E-state index in [4.69, 9.17) is 4.52 Å². The molecule has 13 nitrogen and oxygen atoms in total. The maximum absolute atomic E-state index is 13.8. The Balaban J connectivity index is 1.44. The zero-order chi connectivity index (χ0) is 32.5. The zero-order valence-electron chi connectivity index (χ0n) is 25.2. The summed E-state index contributed by atoms with van der Waals surface area (Å²) in [5.41, 5.74) is 1.91. The minimum Gasteiger partial charge on any atom is -0.367 e. The summed E-state index contributed by atoms with van der Waals surface area (Å²) in [6.45, 7) is 1.58. The Labute approximate surface area is 265 Å². The predicted molar refractivity (Wildman–Crippen MR) is 166 cm³/mol. The molecule has 1 aliphatic rings. The molecule has 4 aromatic rings. The number of carbonyl (C=O) groups is 5. The zero-order valence-corrected chi connectivity index (χ0v) is 25.2. The van der Waals surface area contributed by atoms with Crippen LogP contribution in [0.4, 0.5) is 0 Å². The van der Waals surface area contributed by atoms with Gasteiger partial charge in [0.2, 0.25) is 17.7 Å². The highest BCUT2D eigenvalue weighted by Gasteiger charge is 2.30. The minimum atomic E-state index is -1.06. The molecular formula is C33H35N7O6. The number of H-pyrrole nitrogens is 1. The van der Waals surface area contributed by atoms with E-state index in [1.165, 1.54) is 17.9 Å². The molecule has 5 amide bonds. The molecule has 0 unspecified atom stereocenters. The summed E-state index contributed by atoms with van der Waals surface area (Å²) in [5.74, 6) is -2.41. The van der Waals surface area contributed by atoms with E-state index in [0.717, 1.165) is 11.1 Å². The second-order valence-corrected chi connectivity index (χ2v) is 11.0. The summed E-state index contributed by atoms with van der Waals surface area (Å²) in [6.07, 6.45) is 3.49. The van der Waals surface area contributed by atoms with E-state index in [2.05, 4.69) is 31.4 Å². The van der Waals surface area contributed by atoms with Crippen molar-refractivity contribution in [1.82, 2.24) is 36.3 Å². The second kappa shape index (κ2) is 14.8. The second-order valence-electron chi connectivity index (χ2n) is 11.0. The van der Waals surface area contributed by atoms with Crippen molar-refractivity contribution in [3.63, 3.8) is 0 Å². The molecule has 5 rings (SSSR count). The number of hydrogen-bond acceptors (Lipinski definition) is 7. The molecule has 5 N–H and O–H groups in total. The number of hydrogen-bond donors (Lipinski definition) is 5.